The summed E-state index contributed by atoms with van der Waals surface area (Å²) in [7, 11) is 1.59. The van der Waals surface area contributed by atoms with Crippen molar-refractivity contribution in [2.24, 2.45) is 11.8 Å². The molecule has 222 valence electrons. The molecule has 0 spiro atoms. The highest BCUT2D eigenvalue weighted by Crippen LogP contribution is 2.34. The number of hydrogen-bond acceptors (Lipinski definition) is 8. The zero-order valence-corrected chi connectivity index (χ0v) is 23.9. The smallest absolute Gasteiger partial charge is 0.407 e. The molecule has 3 aliphatic rings. The Morgan fingerprint density at radius 2 is 1.81 bits per heavy atom. The van der Waals surface area contributed by atoms with Crippen molar-refractivity contribution in [2.75, 3.05) is 58.8 Å². The number of aromatic nitrogens is 2. The summed E-state index contributed by atoms with van der Waals surface area (Å²) in [5, 5.41) is 7.47. The van der Waals surface area contributed by atoms with Gasteiger partial charge in [0, 0.05) is 39.1 Å². The van der Waals surface area contributed by atoms with E-state index in [-0.39, 0.29) is 18.1 Å². The van der Waals surface area contributed by atoms with E-state index in [1.54, 1.807) is 18.0 Å². The molecular weight excluding hydrogens is 536 g/mol. The van der Waals surface area contributed by atoms with E-state index in [0.29, 0.717) is 61.0 Å². The highest BCUT2D eigenvalue weighted by atomic mass is 16.6. The van der Waals surface area contributed by atoms with E-state index in [1.807, 2.05) is 59.5 Å². The summed E-state index contributed by atoms with van der Waals surface area (Å²) in [6.45, 7) is 5.12. The second-order valence-corrected chi connectivity index (χ2v) is 11.3. The van der Waals surface area contributed by atoms with Crippen molar-refractivity contribution in [1.29, 1.82) is 0 Å². The van der Waals surface area contributed by atoms with E-state index in [9.17, 15) is 9.59 Å². The van der Waals surface area contributed by atoms with Crippen molar-refractivity contribution < 1.29 is 23.8 Å². The zero-order chi connectivity index (χ0) is 29.1. The molecular formula is C31H38N6O5. The number of likely N-dealkylation sites (tertiary alicyclic amines) is 2. The van der Waals surface area contributed by atoms with Gasteiger partial charge < -0.3 is 35.1 Å². The van der Waals surface area contributed by atoms with Crippen LogP contribution in [0.1, 0.15) is 34.8 Å². The summed E-state index contributed by atoms with van der Waals surface area (Å²) in [5.74, 6) is 1.65. The maximum Gasteiger partial charge on any atom is 0.407 e. The van der Waals surface area contributed by atoms with Crippen LogP contribution in [0.2, 0.25) is 0 Å². The molecule has 3 aromatic rings. The lowest BCUT2D eigenvalue weighted by Crippen LogP contribution is -2.36. The number of para-hydroxylation sites is 2. The summed E-state index contributed by atoms with van der Waals surface area (Å²) in [6.07, 6.45) is 2.46. The Kier molecular flexibility index (Phi) is 8.29. The number of amides is 2. The quantitative estimate of drug-likeness (QED) is 0.400. The van der Waals surface area contributed by atoms with Gasteiger partial charge >= 0.3 is 6.09 Å². The van der Waals surface area contributed by atoms with Crippen LogP contribution in [0.5, 0.6) is 5.75 Å². The molecule has 6 rings (SSSR count). The first kappa shape index (κ1) is 28.0. The Hall–Kier alpha value is -4.09. The lowest BCUT2D eigenvalue weighted by atomic mass is 10.0. The number of nitrogen functional groups attached to an aromatic ring is 1. The Morgan fingerprint density at radius 3 is 2.52 bits per heavy atom. The molecule has 11 nitrogen and oxygen atoms in total. The number of methoxy groups -OCH3 is 1. The molecule has 3 aliphatic heterocycles. The fourth-order valence-electron chi connectivity index (χ4n) is 6.38. The molecule has 0 bridgehead atoms. The molecule has 3 fully saturated rings. The van der Waals surface area contributed by atoms with Gasteiger partial charge in [0.25, 0.3) is 5.91 Å². The van der Waals surface area contributed by atoms with Gasteiger partial charge in [0.05, 0.1) is 32.6 Å². The number of nitrogens with two attached hydrogens (primary N) is 1. The van der Waals surface area contributed by atoms with Gasteiger partial charge in [-0.1, -0.05) is 42.5 Å². The normalized spacial score (nSPS) is 22.6. The minimum absolute atomic E-state index is 0.0888. The van der Waals surface area contributed by atoms with Gasteiger partial charge in [0.2, 0.25) is 0 Å². The van der Waals surface area contributed by atoms with Gasteiger partial charge in [-0.2, -0.15) is 5.10 Å². The van der Waals surface area contributed by atoms with Crippen molar-refractivity contribution in [1.82, 2.24) is 24.9 Å². The zero-order valence-electron chi connectivity index (χ0n) is 23.9. The maximum atomic E-state index is 13.5. The van der Waals surface area contributed by atoms with Gasteiger partial charge in [0.1, 0.15) is 28.9 Å². The highest BCUT2D eigenvalue weighted by Gasteiger charge is 2.42. The van der Waals surface area contributed by atoms with E-state index in [2.05, 4.69) is 15.3 Å². The number of nitrogens with zero attached hydrogens (tertiary/aromatic N) is 4. The molecule has 4 atom stereocenters. The number of carbonyl (C=O) groups excluding carboxylic acids is 2. The largest absolute Gasteiger partial charge is 0.494 e. The number of nitrogens with one attached hydrogen (secondary N) is 1. The molecule has 2 aromatic carbocycles. The van der Waals surface area contributed by atoms with Crippen LogP contribution in [0, 0.1) is 11.8 Å². The third kappa shape index (κ3) is 5.93. The lowest BCUT2D eigenvalue weighted by Gasteiger charge is -2.25. The monoisotopic (exact) mass is 574 g/mol. The molecule has 1 aromatic heterocycles. The molecule has 11 heteroatoms. The molecule has 0 saturated carbocycles. The highest BCUT2D eigenvalue weighted by molar-refractivity contribution is 5.98. The second-order valence-electron chi connectivity index (χ2n) is 11.3. The van der Waals surface area contributed by atoms with Gasteiger partial charge in [-0.05, 0) is 36.0 Å². The number of anilines is 1. The second kappa shape index (κ2) is 12.4. The summed E-state index contributed by atoms with van der Waals surface area (Å²) in [5.41, 5.74) is 8.56. The van der Waals surface area contributed by atoms with Crippen molar-refractivity contribution in [3.63, 3.8) is 0 Å². The van der Waals surface area contributed by atoms with Crippen LogP contribution >= 0.6 is 0 Å². The van der Waals surface area contributed by atoms with Gasteiger partial charge in [-0.15, -0.1) is 0 Å². The maximum absolute atomic E-state index is 13.5. The van der Waals surface area contributed by atoms with Crippen molar-refractivity contribution in [3.8, 4) is 11.4 Å². The van der Waals surface area contributed by atoms with E-state index >= 15 is 0 Å². The molecule has 2 amide bonds. The third-order valence-electron chi connectivity index (χ3n) is 8.59. The first-order valence-corrected chi connectivity index (χ1v) is 14.6. The standard InChI is InChI=1S/C31H38N6O5/c1-40-28-10-6-5-9-27(28)37-29(32)25(15-33-37)30(38)36-18-22-16-35(17-23(22)19-36)13-11-26(21-7-3-2-4-8-21)34-31(39)42-24-12-14-41-20-24/h2-10,15,22-24,26H,11-14,16-20,32H2,1H3,(H,34,39)/t22-,23?,24?,26?/m0/s1. The molecule has 42 heavy (non-hydrogen) atoms. The number of alkyl carbamates (subject to hydrolysis) is 1. The third-order valence-corrected chi connectivity index (χ3v) is 8.59. The minimum Gasteiger partial charge on any atom is -0.494 e. The van der Waals surface area contributed by atoms with Crippen LogP contribution in [0.15, 0.2) is 60.8 Å². The number of ether oxygens (including phenoxy) is 3. The average molecular weight is 575 g/mol. The number of fused-ring (bicyclic) bond motifs is 1. The van der Waals surface area contributed by atoms with Gasteiger partial charge in [-0.25, -0.2) is 9.48 Å². The van der Waals surface area contributed by atoms with Crippen molar-refractivity contribution in [3.05, 3.63) is 71.9 Å². The van der Waals surface area contributed by atoms with Crippen LogP contribution in [-0.4, -0.2) is 90.7 Å². The van der Waals surface area contributed by atoms with Crippen molar-refractivity contribution >= 4 is 17.8 Å². The van der Waals surface area contributed by atoms with Crippen LogP contribution in [0.4, 0.5) is 10.6 Å². The Bertz CT molecular complexity index is 1380. The fourth-order valence-corrected chi connectivity index (χ4v) is 6.38. The van der Waals surface area contributed by atoms with E-state index in [1.165, 1.54) is 0 Å². The molecule has 0 aliphatic carbocycles. The van der Waals surface area contributed by atoms with Crippen LogP contribution < -0.4 is 15.8 Å². The Balaban J connectivity index is 1.04. The predicted octanol–water partition coefficient (Wildman–Crippen LogP) is 3.11. The van der Waals surface area contributed by atoms with E-state index in [0.717, 1.165) is 38.0 Å². The summed E-state index contributed by atoms with van der Waals surface area (Å²) >= 11 is 0. The number of benzene rings is 2. The summed E-state index contributed by atoms with van der Waals surface area (Å²) in [6, 6.07) is 17.3. The van der Waals surface area contributed by atoms with Crippen molar-refractivity contribution in [2.45, 2.75) is 25.0 Å². The molecule has 0 radical (unpaired) electrons. The first-order chi connectivity index (χ1) is 20.5. The van der Waals surface area contributed by atoms with Gasteiger partial charge in [0.15, 0.2) is 0 Å². The lowest BCUT2D eigenvalue weighted by molar-refractivity contribution is 0.0774. The first-order valence-electron chi connectivity index (χ1n) is 14.6. The Labute approximate surface area is 245 Å². The number of carbonyl (C=O) groups is 2. The predicted molar refractivity (Wildman–Crippen MR) is 156 cm³/mol. The van der Waals surface area contributed by atoms with E-state index in [4.69, 9.17) is 19.9 Å². The minimum atomic E-state index is -0.403. The van der Waals surface area contributed by atoms with Crippen LogP contribution in [0.25, 0.3) is 5.69 Å². The van der Waals surface area contributed by atoms with E-state index < -0.39 is 6.09 Å². The summed E-state index contributed by atoms with van der Waals surface area (Å²) < 4.78 is 17.9. The topological polar surface area (TPSA) is 124 Å². The average Bonchev–Trinajstić information content (AvgIpc) is 3.80. The number of rotatable bonds is 9. The summed E-state index contributed by atoms with van der Waals surface area (Å²) in [4.78, 5) is 30.4. The SMILES string of the molecule is COc1ccccc1-n1ncc(C(=O)N2CC3CN(CCC(NC(=O)OC4CCOC4)c4ccccc4)C[C@H]3C2)c1N. The molecule has 4 heterocycles. The fraction of sp³-hybridized carbons (Fsp3) is 0.452. The van der Waals surface area contributed by atoms with Crippen LogP contribution in [0.3, 0.4) is 0 Å². The van der Waals surface area contributed by atoms with Crippen LogP contribution in [-0.2, 0) is 9.47 Å². The van der Waals surface area contributed by atoms with Gasteiger partial charge in [-0.3, -0.25) is 4.79 Å². The number of hydrogen-bond donors (Lipinski definition) is 2. The molecule has 3 unspecified atom stereocenters. The molecule has 3 saturated heterocycles. The molecule has 3 N–H and O–H groups in total. The Morgan fingerprint density at radius 1 is 1.07 bits per heavy atom.